The number of hydrogen-bond acceptors (Lipinski definition) is 6. The molecule has 3 aromatic heterocycles. The fourth-order valence-electron chi connectivity index (χ4n) is 1.76. The van der Waals surface area contributed by atoms with E-state index < -0.39 is 5.91 Å². The highest BCUT2D eigenvalue weighted by molar-refractivity contribution is 7.13. The van der Waals surface area contributed by atoms with Crippen LogP contribution in [0.25, 0.3) is 10.7 Å². The molecular formula is C13H11ClN6OS. The zero-order valence-electron chi connectivity index (χ0n) is 11.2. The van der Waals surface area contributed by atoms with Crippen LogP contribution in [0, 0.1) is 0 Å². The Morgan fingerprint density at radius 2 is 2.36 bits per heavy atom. The predicted octanol–water partition coefficient (Wildman–Crippen LogP) is 2.29. The number of halogens is 1. The molecule has 22 heavy (non-hydrogen) atoms. The third-order valence-corrected chi connectivity index (χ3v) is 3.98. The maximum atomic E-state index is 11.0. The van der Waals surface area contributed by atoms with Gasteiger partial charge in [-0.2, -0.15) is 5.10 Å². The van der Waals surface area contributed by atoms with E-state index in [4.69, 9.17) is 17.3 Å². The Hall–Kier alpha value is -2.45. The maximum absolute atomic E-state index is 11.0. The first-order valence-corrected chi connectivity index (χ1v) is 7.53. The van der Waals surface area contributed by atoms with Gasteiger partial charge in [-0.15, -0.1) is 11.3 Å². The van der Waals surface area contributed by atoms with E-state index in [1.165, 1.54) is 12.3 Å². The van der Waals surface area contributed by atoms with Crippen LogP contribution < -0.4 is 11.1 Å². The number of nitrogens with two attached hydrogens (primary N) is 1. The molecule has 7 nitrogen and oxygen atoms in total. The molecule has 3 heterocycles. The van der Waals surface area contributed by atoms with Crippen molar-refractivity contribution in [1.82, 2.24) is 20.2 Å². The number of anilines is 1. The average molecular weight is 335 g/mol. The van der Waals surface area contributed by atoms with E-state index in [1.807, 2.05) is 17.5 Å². The third kappa shape index (κ3) is 3.07. The number of pyridine rings is 1. The first kappa shape index (κ1) is 14.5. The van der Waals surface area contributed by atoms with Gasteiger partial charge in [-0.25, -0.2) is 9.97 Å². The van der Waals surface area contributed by atoms with Crippen LogP contribution in [0.5, 0.6) is 0 Å². The smallest absolute Gasteiger partial charge is 0.250 e. The highest BCUT2D eigenvalue weighted by Gasteiger charge is 2.09. The zero-order chi connectivity index (χ0) is 15.5. The van der Waals surface area contributed by atoms with Crippen molar-refractivity contribution in [2.24, 2.45) is 5.73 Å². The molecule has 3 rings (SSSR count). The van der Waals surface area contributed by atoms with Crippen molar-refractivity contribution < 1.29 is 4.79 Å². The van der Waals surface area contributed by atoms with Crippen molar-refractivity contribution >= 4 is 34.7 Å². The molecule has 3 aromatic rings. The van der Waals surface area contributed by atoms with Gasteiger partial charge >= 0.3 is 0 Å². The van der Waals surface area contributed by atoms with Crippen LogP contribution in [0.4, 0.5) is 5.82 Å². The molecule has 0 saturated heterocycles. The molecule has 4 N–H and O–H groups in total. The molecule has 0 aliphatic heterocycles. The Morgan fingerprint density at radius 1 is 1.50 bits per heavy atom. The van der Waals surface area contributed by atoms with E-state index in [0.717, 1.165) is 4.88 Å². The average Bonchev–Trinajstić information content (AvgIpc) is 3.16. The van der Waals surface area contributed by atoms with Gasteiger partial charge in [-0.05, 0) is 17.5 Å². The van der Waals surface area contributed by atoms with Crippen molar-refractivity contribution in [3.8, 4) is 10.7 Å². The second kappa shape index (κ2) is 6.12. The Balaban J connectivity index is 1.69. The molecule has 0 spiro atoms. The summed E-state index contributed by atoms with van der Waals surface area (Å²) >= 11 is 7.62. The Kier molecular flexibility index (Phi) is 4.03. The summed E-state index contributed by atoms with van der Waals surface area (Å²) in [5.41, 5.74) is 5.43. The van der Waals surface area contributed by atoms with Crippen LogP contribution in [0.1, 0.15) is 16.2 Å². The van der Waals surface area contributed by atoms with Crippen LogP contribution in [0.2, 0.25) is 5.02 Å². The molecule has 0 bridgehead atoms. The fourth-order valence-corrected chi connectivity index (χ4v) is 2.65. The number of aromatic amines is 1. The number of carbonyl (C=O) groups is 1. The number of primary amides is 1. The fraction of sp³-hybridized carbons (Fsp3) is 0.0769. The largest absolute Gasteiger partial charge is 0.366 e. The van der Waals surface area contributed by atoms with Crippen LogP contribution >= 0.6 is 22.9 Å². The minimum Gasteiger partial charge on any atom is -0.366 e. The zero-order valence-corrected chi connectivity index (χ0v) is 12.8. The summed E-state index contributed by atoms with van der Waals surface area (Å²) in [5, 5.41) is 12.3. The summed E-state index contributed by atoms with van der Waals surface area (Å²) in [4.78, 5) is 20.5. The van der Waals surface area contributed by atoms with Crippen molar-refractivity contribution in [2.45, 2.75) is 6.54 Å². The second-order valence-electron chi connectivity index (χ2n) is 4.36. The van der Waals surface area contributed by atoms with Gasteiger partial charge < -0.3 is 11.1 Å². The van der Waals surface area contributed by atoms with Gasteiger partial charge in [0.2, 0.25) is 5.91 Å². The molecule has 1 amide bonds. The first-order valence-electron chi connectivity index (χ1n) is 6.28. The van der Waals surface area contributed by atoms with E-state index in [9.17, 15) is 4.79 Å². The van der Waals surface area contributed by atoms with Crippen LogP contribution in [0.3, 0.4) is 0 Å². The molecule has 0 aliphatic carbocycles. The monoisotopic (exact) mass is 334 g/mol. The van der Waals surface area contributed by atoms with Crippen molar-refractivity contribution in [1.29, 1.82) is 0 Å². The van der Waals surface area contributed by atoms with Crippen molar-refractivity contribution in [3.05, 3.63) is 46.2 Å². The van der Waals surface area contributed by atoms with Gasteiger partial charge in [0.25, 0.3) is 0 Å². The van der Waals surface area contributed by atoms with Crippen LogP contribution in [0.15, 0.2) is 29.8 Å². The Morgan fingerprint density at radius 3 is 3.05 bits per heavy atom. The predicted molar refractivity (Wildman–Crippen MR) is 84.8 cm³/mol. The van der Waals surface area contributed by atoms with Crippen LogP contribution in [-0.4, -0.2) is 26.1 Å². The summed E-state index contributed by atoms with van der Waals surface area (Å²) in [6.07, 6.45) is 1.37. The molecule has 0 unspecified atom stereocenters. The summed E-state index contributed by atoms with van der Waals surface area (Å²) in [7, 11) is 0. The normalized spacial score (nSPS) is 10.6. The Labute approximate surface area is 134 Å². The minimum atomic E-state index is -0.572. The van der Waals surface area contributed by atoms with Gasteiger partial charge in [0.15, 0.2) is 5.82 Å². The number of carbonyl (C=O) groups excluding carboxylic acids is 1. The van der Waals surface area contributed by atoms with Gasteiger partial charge in [-0.3, -0.25) is 9.89 Å². The quantitative estimate of drug-likeness (QED) is 0.663. The standard InChI is InChI=1S/C13H11ClN6OS/c14-8-4-7(11(15)21)5-16-12(8)17-6-10-18-13(20-19-10)9-2-1-3-22-9/h1-5H,6H2,(H2,15,21)(H,16,17)(H,18,19,20). The lowest BCUT2D eigenvalue weighted by molar-refractivity contribution is 0.1000. The molecule has 0 radical (unpaired) electrons. The molecule has 0 atom stereocenters. The highest BCUT2D eigenvalue weighted by Crippen LogP contribution is 2.22. The lowest BCUT2D eigenvalue weighted by atomic mass is 10.3. The van der Waals surface area contributed by atoms with E-state index in [1.54, 1.807) is 11.3 Å². The van der Waals surface area contributed by atoms with E-state index in [0.29, 0.717) is 29.0 Å². The number of rotatable bonds is 5. The van der Waals surface area contributed by atoms with Crippen LogP contribution in [-0.2, 0) is 6.54 Å². The minimum absolute atomic E-state index is 0.259. The molecule has 0 aliphatic rings. The van der Waals surface area contributed by atoms with Gasteiger partial charge in [0.05, 0.1) is 22.0 Å². The molecule has 9 heteroatoms. The van der Waals surface area contributed by atoms with Gasteiger partial charge in [0.1, 0.15) is 11.6 Å². The van der Waals surface area contributed by atoms with Gasteiger partial charge in [-0.1, -0.05) is 17.7 Å². The lowest BCUT2D eigenvalue weighted by Crippen LogP contribution is -2.12. The Bertz CT molecular complexity index is 801. The number of H-pyrrole nitrogens is 1. The molecule has 112 valence electrons. The molecule has 0 fully saturated rings. The number of aromatic nitrogens is 4. The number of nitrogens with one attached hydrogen (secondary N) is 2. The number of nitrogens with zero attached hydrogens (tertiary/aromatic N) is 3. The third-order valence-electron chi connectivity index (χ3n) is 2.82. The number of thiophene rings is 1. The maximum Gasteiger partial charge on any atom is 0.250 e. The van der Waals surface area contributed by atoms with E-state index in [2.05, 4.69) is 25.5 Å². The molecule has 0 aromatic carbocycles. The summed E-state index contributed by atoms with van der Waals surface area (Å²) < 4.78 is 0. The van der Waals surface area contributed by atoms with Crippen molar-refractivity contribution in [3.63, 3.8) is 0 Å². The van der Waals surface area contributed by atoms with E-state index >= 15 is 0 Å². The molecule has 0 saturated carbocycles. The topological polar surface area (TPSA) is 110 Å². The second-order valence-corrected chi connectivity index (χ2v) is 5.71. The molecular weight excluding hydrogens is 324 g/mol. The highest BCUT2D eigenvalue weighted by atomic mass is 35.5. The van der Waals surface area contributed by atoms with Crippen molar-refractivity contribution in [2.75, 3.05) is 5.32 Å². The van der Waals surface area contributed by atoms with E-state index in [-0.39, 0.29) is 5.56 Å². The lowest BCUT2D eigenvalue weighted by Gasteiger charge is -2.06. The number of hydrogen-bond donors (Lipinski definition) is 3. The summed E-state index contributed by atoms with van der Waals surface area (Å²) in [6, 6.07) is 5.36. The SMILES string of the molecule is NC(=O)c1cnc(NCc2nc(-c3cccs3)n[nH]2)c(Cl)c1. The summed E-state index contributed by atoms with van der Waals surface area (Å²) in [6.45, 7) is 0.376. The first-order chi connectivity index (χ1) is 10.6. The summed E-state index contributed by atoms with van der Waals surface area (Å²) in [5.74, 6) is 1.17. The number of amides is 1. The van der Waals surface area contributed by atoms with Gasteiger partial charge in [0, 0.05) is 6.20 Å².